The van der Waals surface area contributed by atoms with Gasteiger partial charge in [-0.1, -0.05) is 12.1 Å². The Morgan fingerprint density at radius 1 is 1.53 bits per heavy atom. The Morgan fingerprint density at radius 3 is 3.05 bits per heavy atom. The fourth-order valence-corrected chi connectivity index (χ4v) is 2.39. The molecular formula is C13H15N3O2S. The lowest BCUT2D eigenvalue weighted by Crippen LogP contribution is -2.13. The van der Waals surface area contributed by atoms with E-state index in [4.69, 9.17) is 5.73 Å². The van der Waals surface area contributed by atoms with Crippen molar-refractivity contribution >= 4 is 22.9 Å². The Bertz CT molecular complexity index is 595. The molecule has 6 heteroatoms. The number of aryl methyl sites for hydroxylation is 1. The number of thiazole rings is 1. The molecule has 1 aromatic carbocycles. The molecule has 0 aliphatic rings. The Hall–Kier alpha value is -1.92. The minimum absolute atomic E-state index is 0.0771. The van der Waals surface area contributed by atoms with E-state index in [0.717, 1.165) is 5.01 Å². The molecule has 0 unspecified atom stereocenters. The third-order valence-electron chi connectivity index (χ3n) is 2.63. The second-order valence-corrected chi connectivity index (χ2v) is 5.03. The van der Waals surface area contributed by atoms with Crippen molar-refractivity contribution in [2.24, 2.45) is 5.73 Å². The molecule has 0 fully saturated rings. The van der Waals surface area contributed by atoms with Crippen molar-refractivity contribution < 1.29 is 9.90 Å². The number of amides is 1. The molecule has 0 bridgehead atoms. The summed E-state index contributed by atoms with van der Waals surface area (Å²) in [6.07, 6.45) is 0.660. The van der Waals surface area contributed by atoms with Crippen LogP contribution < -0.4 is 11.1 Å². The highest BCUT2D eigenvalue weighted by Crippen LogP contribution is 2.27. The summed E-state index contributed by atoms with van der Waals surface area (Å²) in [5.41, 5.74) is 6.88. The summed E-state index contributed by atoms with van der Waals surface area (Å²) in [6, 6.07) is 5.19. The van der Waals surface area contributed by atoms with Gasteiger partial charge < -0.3 is 16.2 Å². The molecule has 0 spiro atoms. The topological polar surface area (TPSA) is 88.2 Å². The molecule has 1 amide bonds. The maximum atomic E-state index is 12.0. The van der Waals surface area contributed by atoms with Crippen LogP contribution in [0.4, 0.5) is 5.69 Å². The second-order valence-electron chi connectivity index (χ2n) is 4.09. The van der Waals surface area contributed by atoms with Gasteiger partial charge in [-0.15, -0.1) is 11.3 Å². The molecular weight excluding hydrogens is 262 g/mol. The zero-order valence-electron chi connectivity index (χ0n) is 10.5. The van der Waals surface area contributed by atoms with Gasteiger partial charge in [0, 0.05) is 11.8 Å². The molecule has 0 radical (unpaired) electrons. The number of rotatable bonds is 4. The van der Waals surface area contributed by atoms with E-state index >= 15 is 0 Å². The number of aromatic hydroxyl groups is 1. The normalized spacial score (nSPS) is 10.4. The number of hydrogen-bond acceptors (Lipinski definition) is 5. The second kappa shape index (κ2) is 5.81. The van der Waals surface area contributed by atoms with Crippen LogP contribution >= 0.6 is 11.3 Å². The zero-order valence-corrected chi connectivity index (χ0v) is 11.3. The van der Waals surface area contributed by atoms with Gasteiger partial charge in [0.05, 0.1) is 10.7 Å². The van der Waals surface area contributed by atoms with Crippen LogP contribution in [0.2, 0.25) is 0 Å². The maximum Gasteiger partial charge on any atom is 0.275 e. The SMILES string of the molecule is Cc1cccc(NC(=O)c2csc(CCN)n2)c1O. The highest BCUT2D eigenvalue weighted by atomic mass is 32.1. The largest absolute Gasteiger partial charge is 0.505 e. The average molecular weight is 277 g/mol. The third kappa shape index (κ3) is 3.10. The highest BCUT2D eigenvalue weighted by Gasteiger charge is 2.13. The number of nitrogens with two attached hydrogens (primary N) is 1. The van der Waals surface area contributed by atoms with Crippen LogP contribution in [0.1, 0.15) is 21.1 Å². The molecule has 19 heavy (non-hydrogen) atoms. The van der Waals surface area contributed by atoms with Crippen LogP contribution in [0.5, 0.6) is 5.75 Å². The molecule has 0 aliphatic carbocycles. The molecule has 100 valence electrons. The number of phenols is 1. The van der Waals surface area contributed by atoms with Gasteiger partial charge in [-0.05, 0) is 25.1 Å². The predicted molar refractivity (Wildman–Crippen MR) is 75.7 cm³/mol. The van der Waals surface area contributed by atoms with Gasteiger partial charge in [0.15, 0.2) is 0 Å². The van der Waals surface area contributed by atoms with E-state index in [0.29, 0.717) is 29.9 Å². The average Bonchev–Trinajstić information content (AvgIpc) is 2.84. The molecule has 0 saturated heterocycles. The number of nitrogens with zero attached hydrogens (tertiary/aromatic N) is 1. The van der Waals surface area contributed by atoms with Gasteiger partial charge in [-0.2, -0.15) is 0 Å². The fourth-order valence-electron chi connectivity index (χ4n) is 1.60. The summed E-state index contributed by atoms with van der Waals surface area (Å²) >= 11 is 1.41. The molecule has 1 aromatic heterocycles. The van der Waals surface area contributed by atoms with E-state index in [9.17, 15) is 9.90 Å². The first-order valence-electron chi connectivity index (χ1n) is 5.86. The number of benzene rings is 1. The van der Waals surface area contributed by atoms with Crippen molar-refractivity contribution in [3.05, 3.63) is 39.8 Å². The summed E-state index contributed by atoms with van der Waals surface area (Å²) in [6.45, 7) is 2.28. The van der Waals surface area contributed by atoms with Gasteiger partial charge in [-0.3, -0.25) is 4.79 Å². The Labute approximate surface area is 115 Å². The number of hydrogen-bond donors (Lipinski definition) is 3. The lowest BCUT2D eigenvalue weighted by Gasteiger charge is -2.07. The van der Waals surface area contributed by atoms with E-state index in [1.807, 2.05) is 0 Å². The quantitative estimate of drug-likeness (QED) is 0.745. The minimum atomic E-state index is -0.333. The summed E-state index contributed by atoms with van der Waals surface area (Å²) < 4.78 is 0. The van der Waals surface area contributed by atoms with Crippen LogP contribution in [-0.4, -0.2) is 22.5 Å². The summed E-state index contributed by atoms with van der Waals surface area (Å²) in [5, 5.41) is 15.0. The lowest BCUT2D eigenvalue weighted by atomic mass is 10.2. The minimum Gasteiger partial charge on any atom is -0.505 e. The number of carbonyl (C=O) groups is 1. The van der Waals surface area contributed by atoms with Crippen LogP contribution in [0.3, 0.4) is 0 Å². The van der Waals surface area contributed by atoms with Gasteiger partial charge >= 0.3 is 0 Å². The Morgan fingerprint density at radius 2 is 2.32 bits per heavy atom. The van der Waals surface area contributed by atoms with E-state index in [1.54, 1.807) is 30.5 Å². The van der Waals surface area contributed by atoms with Gasteiger partial charge in [0.2, 0.25) is 0 Å². The number of para-hydroxylation sites is 1. The van der Waals surface area contributed by atoms with Crippen LogP contribution in [0.15, 0.2) is 23.6 Å². The number of nitrogens with one attached hydrogen (secondary N) is 1. The van der Waals surface area contributed by atoms with Gasteiger partial charge in [0.1, 0.15) is 11.4 Å². The number of aromatic nitrogens is 1. The number of anilines is 1. The number of phenolic OH excluding ortho intramolecular Hbond substituents is 1. The van der Waals surface area contributed by atoms with Gasteiger partial charge in [-0.25, -0.2) is 4.98 Å². The lowest BCUT2D eigenvalue weighted by molar-refractivity contribution is 0.102. The molecule has 2 rings (SSSR count). The van der Waals surface area contributed by atoms with E-state index in [1.165, 1.54) is 11.3 Å². The van der Waals surface area contributed by atoms with E-state index < -0.39 is 0 Å². The van der Waals surface area contributed by atoms with Crippen molar-refractivity contribution in [1.29, 1.82) is 0 Å². The maximum absolute atomic E-state index is 12.0. The molecule has 1 heterocycles. The van der Waals surface area contributed by atoms with Crippen LogP contribution in [-0.2, 0) is 6.42 Å². The van der Waals surface area contributed by atoms with Crippen LogP contribution in [0.25, 0.3) is 0 Å². The predicted octanol–water partition coefficient (Wildman–Crippen LogP) is 1.91. The van der Waals surface area contributed by atoms with Crippen molar-refractivity contribution in [1.82, 2.24) is 4.98 Å². The monoisotopic (exact) mass is 277 g/mol. The first kappa shape index (κ1) is 13.5. The molecule has 4 N–H and O–H groups in total. The first-order valence-corrected chi connectivity index (χ1v) is 6.74. The van der Waals surface area contributed by atoms with Crippen molar-refractivity contribution in [3.8, 4) is 5.75 Å². The van der Waals surface area contributed by atoms with E-state index in [-0.39, 0.29) is 11.7 Å². The number of carbonyl (C=O) groups excluding carboxylic acids is 1. The third-order valence-corrected chi connectivity index (χ3v) is 3.54. The highest BCUT2D eigenvalue weighted by molar-refractivity contribution is 7.09. The van der Waals surface area contributed by atoms with Gasteiger partial charge in [0.25, 0.3) is 5.91 Å². The molecule has 5 nitrogen and oxygen atoms in total. The standard InChI is InChI=1S/C13H15N3O2S/c1-8-3-2-4-9(12(8)17)16-13(18)10-7-19-11(15-10)5-6-14/h2-4,7,17H,5-6,14H2,1H3,(H,16,18). The Kier molecular flexibility index (Phi) is 4.13. The van der Waals surface area contributed by atoms with E-state index in [2.05, 4.69) is 10.3 Å². The van der Waals surface area contributed by atoms with Crippen molar-refractivity contribution in [2.45, 2.75) is 13.3 Å². The smallest absolute Gasteiger partial charge is 0.275 e. The summed E-state index contributed by atoms with van der Waals surface area (Å²) in [4.78, 5) is 16.2. The first-order chi connectivity index (χ1) is 9.11. The zero-order chi connectivity index (χ0) is 13.8. The van der Waals surface area contributed by atoms with Crippen LogP contribution in [0, 0.1) is 6.92 Å². The summed E-state index contributed by atoms with van der Waals surface area (Å²) in [5.74, 6) is -0.256. The molecule has 0 aliphatic heterocycles. The molecule has 0 saturated carbocycles. The van der Waals surface area contributed by atoms with Crippen molar-refractivity contribution in [2.75, 3.05) is 11.9 Å². The molecule has 0 atom stereocenters. The van der Waals surface area contributed by atoms with Crippen molar-refractivity contribution in [3.63, 3.8) is 0 Å². The Balaban J connectivity index is 2.14. The molecule has 2 aromatic rings. The fraction of sp³-hybridized carbons (Fsp3) is 0.231. The summed E-state index contributed by atoms with van der Waals surface area (Å²) in [7, 11) is 0.